The number of hydrogen-bond acceptors (Lipinski definition) is 6. The van der Waals surface area contributed by atoms with Crippen molar-refractivity contribution in [2.24, 2.45) is 4.99 Å². The summed E-state index contributed by atoms with van der Waals surface area (Å²) < 4.78 is 32.7. The molecule has 0 aromatic heterocycles. The molecule has 3 rings (SSSR count). The van der Waals surface area contributed by atoms with Gasteiger partial charge >= 0.3 is 0 Å². The average molecular weight is 456 g/mol. The topological polar surface area (TPSA) is 79.3 Å². The number of benzene rings is 1. The highest BCUT2D eigenvalue weighted by Gasteiger charge is 2.32. The zero-order valence-corrected chi connectivity index (χ0v) is 17.7. The van der Waals surface area contributed by atoms with Gasteiger partial charge in [0.2, 0.25) is 10.0 Å². The van der Waals surface area contributed by atoms with Crippen LogP contribution in [0.4, 0.5) is 0 Å². The maximum Gasteiger partial charge on any atom is 0.243 e. The van der Waals surface area contributed by atoms with Crippen LogP contribution in [0.25, 0.3) is 0 Å². The number of hydrogen-bond donors (Lipinski definition) is 0. The summed E-state index contributed by atoms with van der Waals surface area (Å²) in [5.41, 5.74) is 0.815. The summed E-state index contributed by atoms with van der Waals surface area (Å²) >= 11 is 3.20. The van der Waals surface area contributed by atoms with Crippen LogP contribution in [0.2, 0.25) is 0 Å². The van der Waals surface area contributed by atoms with E-state index in [4.69, 9.17) is 4.74 Å². The number of aliphatic imine (C=N–C) groups is 1. The molecule has 2 aliphatic rings. The summed E-state index contributed by atoms with van der Waals surface area (Å²) in [4.78, 5) is 18.7. The van der Waals surface area contributed by atoms with Crippen LogP contribution in [0.15, 0.2) is 44.8 Å². The first-order valence-corrected chi connectivity index (χ1v) is 10.9. The van der Waals surface area contributed by atoms with Gasteiger partial charge in [-0.2, -0.15) is 4.31 Å². The number of rotatable bonds is 5. The van der Waals surface area contributed by atoms with Gasteiger partial charge < -0.3 is 4.74 Å². The molecule has 27 heavy (non-hydrogen) atoms. The van der Waals surface area contributed by atoms with Crippen LogP contribution >= 0.6 is 15.9 Å². The van der Waals surface area contributed by atoms with Crippen molar-refractivity contribution in [2.75, 3.05) is 33.3 Å². The van der Waals surface area contributed by atoms with E-state index in [2.05, 4.69) is 25.8 Å². The molecule has 0 saturated carbocycles. The number of halogens is 1. The predicted octanol–water partition coefficient (Wildman–Crippen LogP) is 2.04. The Morgan fingerprint density at radius 3 is 2.33 bits per heavy atom. The Bertz CT molecular complexity index is 872. The molecule has 1 aromatic rings. The smallest absolute Gasteiger partial charge is 0.243 e. The number of allylic oxidation sites excluding steroid dienone is 1. The number of carbonyl (C=O) groups excluding carboxylic acids is 1. The number of sulfonamides is 1. The van der Waals surface area contributed by atoms with Crippen LogP contribution < -0.4 is 4.74 Å². The zero-order chi connectivity index (χ0) is 19.6. The minimum absolute atomic E-state index is 0.00311. The summed E-state index contributed by atoms with van der Waals surface area (Å²) in [6.45, 7) is 4.00. The molecule has 0 spiro atoms. The Hall–Kier alpha value is -1.55. The summed E-state index contributed by atoms with van der Waals surface area (Å²) in [6.07, 6.45) is 1.84. The fourth-order valence-corrected chi connectivity index (χ4v) is 4.87. The maximum absolute atomic E-state index is 12.8. The lowest BCUT2D eigenvalue weighted by Crippen LogP contribution is -2.53. The van der Waals surface area contributed by atoms with E-state index in [-0.39, 0.29) is 16.7 Å². The van der Waals surface area contributed by atoms with Crippen molar-refractivity contribution in [3.63, 3.8) is 0 Å². The molecule has 1 saturated heterocycles. The van der Waals surface area contributed by atoms with Gasteiger partial charge in [0.25, 0.3) is 0 Å². The van der Waals surface area contributed by atoms with E-state index in [1.165, 1.54) is 4.31 Å². The molecule has 2 heterocycles. The van der Waals surface area contributed by atoms with E-state index >= 15 is 0 Å². The van der Waals surface area contributed by atoms with Crippen molar-refractivity contribution >= 4 is 37.4 Å². The summed E-state index contributed by atoms with van der Waals surface area (Å²) in [6, 6.07) is 6.42. The van der Waals surface area contributed by atoms with Crippen molar-refractivity contribution in [3.8, 4) is 5.75 Å². The van der Waals surface area contributed by atoms with Crippen LogP contribution in [0, 0.1) is 0 Å². The predicted molar refractivity (Wildman–Crippen MR) is 107 cm³/mol. The largest absolute Gasteiger partial charge is 0.497 e. The quantitative estimate of drug-likeness (QED) is 0.678. The highest BCUT2D eigenvalue weighted by molar-refractivity contribution is 9.12. The molecule has 0 amide bonds. The van der Waals surface area contributed by atoms with Gasteiger partial charge in [-0.15, -0.1) is 0 Å². The Kier molecular flexibility index (Phi) is 6.15. The molecule has 1 fully saturated rings. The van der Waals surface area contributed by atoms with Crippen LogP contribution in [-0.2, 0) is 14.8 Å². The van der Waals surface area contributed by atoms with Gasteiger partial charge in [0.15, 0.2) is 5.78 Å². The highest BCUT2D eigenvalue weighted by atomic mass is 79.9. The number of nitrogens with zero attached hydrogens (tertiary/aromatic N) is 3. The molecule has 0 bridgehead atoms. The maximum atomic E-state index is 12.8. The molecule has 2 aliphatic heterocycles. The van der Waals surface area contributed by atoms with Gasteiger partial charge in [-0.05, 0) is 47.1 Å². The Morgan fingerprint density at radius 1 is 1.15 bits per heavy atom. The van der Waals surface area contributed by atoms with Crippen LogP contribution in [0.5, 0.6) is 5.75 Å². The Labute approximate surface area is 167 Å². The number of piperazine rings is 1. The van der Waals surface area contributed by atoms with Gasteiger partial charge in [-0.3, -0.25) is 14.7 Å². The third-order valence-corrected chi connectivity index (χ3v) is 7.51. The normalized spacial score (nSPS) is 20.8. The van der Waals surface area contributed by atoms with Gasteiger partial charge in [0.05, 0.1) is 22.9 Å². The summed E-state index contributed by atoms with van der Waals surface area (Å²) in [7, 11) is -1.98. The molecule has 1 unspecified atom stereocenters. The first kappa shape index (κ1) is 20.2. The van der Waals surface area contributed by atoms with Crippen LogP contribution in [0.1, 0.15) is 13.3 Å². The lowest BCUT2D eigenvalue weighted by Gasteiger charge is -2.38. The Balaban J connectivity index is 1.65. The number of ether oxygens (including phenoxy) is 1. The first-order valence-electron chi connectivity index (χ1n) is 8.66. The minimum Gasteiger partial charge on any atom is -0.497 e. The van der Waals surface area contributed by atoms with E-state index in [1.54, 1.807) is 37.6 Å². The second-order valence-corrected chi connectivity index (χ2v) is 9.28. The van der Waals surface area contributed by atoms with Gasteiger partial charge in [0, 0.05) is 44.1 Å². The lowest BCUT2D eigenvalue weighted by molar-refractivity contribution is -0.113. The fraction of sp³-hybridized carbons (Fsp3) is 0.444. The van der Waals surface area contributed by atoms with E-state index in [9.17, 15) is 13.2 Å². The molecule has 9 heteroatoms. The average Bonchev–Trinajstić information content (AvgIpc) is 2.69. The van der Waals surface area contributed by atoms with E-state index < -0.39 is 10.0 Å². The molecule has 1 atom stereocenters. The molecule has 7 nitrogen and oxygen atoms in total. The molecular formula is C18H22BrN3O4S. The SMILES string of the molecule is COc1ccc(S(=O)(=O)N2CCN(C(C)C3=NC=C(Br)C(=O)C3)CC2)cc1. The second-order valence-electron chi connectivity index (χ2n) is 6.49. The number of carbonyl (C=O) groups is 1. The van der Waals surface area contributed by atoms with Crippen LogP contribution in [-0.4, -0.2) is 68.4 Å². The molecule has 146 valence electrons. The molecule has 0 radical (unpaired) electrons. The molecule has 0 N–H and O–H groups in total. The number of ketones is 1. The van der Waals surface area contributed by atoms with Gasteiger partial charge in [-0.25, -0.2) is 8.42 Å². The first-order chi connectivity index (χ1) is 12.8. The fourth-order valence-electron chi connectivity index (χ4n) is 3.20. The number of methoxy groups -OCH3 is 1. The zero-order valence-electron chi connectivity index (χ0n) is 15.3. The van der Waals surface area contributed by atoms with E-state index in [0.717, 1.165) is 5.71 Å². The molecule has 0 aliphatic carbocycles. The molecule has 1 aromatic carbocycles. The van der Waals surface area contributed by atoms with Gasteiger partial charge in [-0.1, -0.05) is 0 Å². The lowest BCUT2D eigenvalue weighted by atomic mass is 10.0. The van der Waals surface area contributed by atoms with Crippen molar-refractivity contribution < 1.29 is 17.9 Å². The number of Topliss-reactive ketones (excluding diaryl/α,β-unsaturated/α-hetero) is 1. The molecular weight excluding hydrogens is 434 g/mol. The van der Waals surface area contributed by atoms with Crippen molar-refractivity contribution in [2.45, 2.75) is 24.3 Å². The second kappa shape index (κ2) is 8.22. The van der Waals surface area contributed by atoms with Crippen molar-refractivity contribution in [3.05, 3.63) is 34.9 Å². The standard InChI is InChI=1S/C18H22BrN3O4S/c1-13(17-11-18(23)16(19)12-20-17)21-7-9-22(10-8-21)27(24,25)15-5-3-14(26-2)4-6-15/h3-6,12-13H,7-11H2,1-2H3. The third-order valence-electron chi connectivity index (χ3n) is 4.95. The van der Waals surface area contributed by atoms with E-state index in [1.807, 2.05) is 6.92 Å². The third kappa shape index (κ3) is 4.31. The van der Waals surface area contributed by atoms with Crippen molar-refractivity contribution in [1.82, 2.24) is 9.21 Å². The summed E-state index contributed by atoms with van der Waals surface area (Å²) in [5.74, 6) is 0.642. The highest BCUT2D eigenvalue weighted by Crippen LogP contribution is 2.22. The minimum atomic E-state index is -3.53. The Morgan fingerprint density at radius 2 is 1.78 bits per heavy atom. The van der Waals surface area contributed by atoms with E-state index in [0.29, 0.717) is 42.8 Å². The summed E-state index contributed by atoms with van der Waals surface area (Å²) in [5, 5.41) is 0. The monoisotopic (exact) mass is 455 g/mol. The van der Waals surface area contributed by atoms with Crippen LogP contribution in [0.3, 0.4) is 0 Å². The van der Waals surface area contributed by atoms with Crippen molar-refractivity contribution in [1.29, 1.82) is 0 Å². The van der Waals surface area contributed by atoms with Gasteiger partial charge in [0.1, 0.15) is 5.75 Å².